The largest absolute Gasteiger partial charge is 0.403 e. The third-order valence-corrected chi connectivity index (χ3v) is 12.9. The number of alkyl halides is 6. The highest BCUT2D eigenvalue weighted by Gasteiger charge is 2.77. The van der Waals surface area contributed by atoms with Gasteiger partial charge in [0.05, 0.1) is 54.1 Å². The monoisotopic (exact) mass is 694 g/mol. The second-order valence-electron chi connectivity index (χ2n) is 15.3. The molecule has 6 fully saturated rings. The van der Waals surface area contributed by atoms with E-state index in [9.17, 15) is 55.7 Å². The van der Waals surface area contributed by atoms with Gasteiger partial charge < -0.3 is 14.9 Å². The molecule has 2 heterocycles. The van der Waals surface area contributed by atoms with E-state index in [1.807, 2.05) is 0 Å². The minimum absolute atomic E-state index is 0.118. The number of imide groups is 2. The molecule has 0 radical (unpaired) electrons. The van der Waals surface area contributed by atoms with E-state index in [2.05, 4.69) is 0 Å². The molecule has 9 nitrogen and oxygen atoms in total. The molecule has 4 saturated carbocycles. The average Bonchev–Trinajstić information content (AvgIpc) is 3.37. The van der Waals surface area contributed by atoms with E-state index in [1.54, 1.807) is 0 Å². The van der Waals surface area contributed by atoms with E-state index in [1.165, 1.54) is 14.0 Å². The summed E-state index contributed by atoms with van der Waals surface area (Å²) in [5.74, 6) is -9.14. The van der Waals surface area contributed by atoms with E-state index in [0.29, 0.717) is 25.7 Å². The molecular weight excluding hydrogens is 650 g/mol. The molecule has 0 aromatic rings. The summed E-state index contributed by atoms with van der Waals surface area (Å²) < 4.78 is 96.2. The lowest BCUT2D eigenvalue weighted by molar-refractivity contribution is -0.384. The molecule has 270 valence electrons. The number of fused-ring (bicyclic) bond motifs is 2. The van der Waals surface area contributed by atoms with Crippen LogP contribution < -0.4 is 0 Å². The number of halogens is 6. The Morgan fingerprint density at radius 1 is 0.604 bits per heavy atom. The molecule has 0 aromatic carbocycles. The molecule has 2 saturated heterocycles. The van der Waals surface area contributed by atoms with Crippen molar-refractivity contribution < 1.29 is 60.5 Å². The summed E-state index contributed by atoms with van der Waals surface area (Å²) in [5, 5.41) is 21.1. The van der Waals surface area contributed by atoms with Crippen LogP contribution in [0.15, 0.2) is 0 Å². The summed E-state index contributed by atoms with van der Waals surface area (Å²) in [6.45, 7) is 1.43. The Hall–Kier alpha value is -2.26. The number of aliphatic hydroxyl groups excluding tert-OH is 2. The number of hydrogen-bond acceptors (Lipinski definition) is 7. The zero-order valence-electron chi connectivity index (χ0n) is 27.0. The highest BCUT2D eigenvalue weighted by molar-refractivity contribution is 6.06. The molecule has 0 aromatic heterocycles. The van der Waals surface area contributed by atoms with Crippen LogP contribution in [0.5, 0.6) is 0 Å². The van der Waals surface area contributed by atoms with E-state index >= 15 is 0 Å². The lowest BCUT2D eigenvalue weighted by Crippen LogP contribution is -2.63. The van der Waals surface area contributed by atoms with Gasteiger partial charge in [-0.05, 0) is 94.8 Å². The van der Waals surface area contributed by atoms with Gasteiger partial charge in [0, 0.05) is 7.05 Å². The molecule has 6 rings (SSSR count). The predicted octanol–water partition coefficient (Wildman–Crippen LogP) is 4.38. The molecule has 12 atom stereocenters. The van der Waals surface area contributed by atoms with Crippen LogP contribution >= 0.6 is 0 Å². The Kier molecular flexibility index (Phi) is 9.26. The number of hydrogen-bond donors (Lipinski definition) is 2. The molecule has 2 aliphatic heterocycles. The lowest BCUT2D eigenvalue weighted by Gasteiger charge is -2.53. The van der Waals surface area contributed by atoms with Crippen molar-refractivity contribution in [2.24, 2.45) is 46.8 Å². The number of nitrogens with zero attached hydrogens (tertiary/aromatic N) is 2. The molecule has 6 aliphatic rings. The van der Waals surface area contributed by atoms with E-state index < -0.39 is 122 Å². The molecule has 2 N–H and O–H groups in total. The number of rotatable bonds is 5. The van der Waals surface area contributed by atoms with Crippen LogP contribution in [0, 0.1) is 46.8 Å². The number of carbonyl (C=O) groups excluding carboxylic acids is 4. The standard InChI is InChI=1S/C33H44F6N2O7/c1-15-11-16(3-9-25(15)42)31(32(34,35)36,33(37,38)39)17-4-10-26(43)24(12-17)41-29(46)21-8-6-19(14-23(21)30(41)47)48-18-5-7-20-22(13-18)28(45)40(2)27(20)44/h15-26,42-43H,3-14H2,1-2H3. The van der Waals surface area contributed by atoms with Gasteiger partial charge in [0.2, 0.25) is 23.6 Å². The fourth-order valence-corrected chi connectivity index (χ4v) is 10.4. The zero-order chi connectivity index (χ0) is 35.1. The van der Waals surface area contributed by atoms with Gasteiger partial charge in [-0.25, -0.2) is 0 Å². The summed E-state index contributed by atoms with van der Waals surface area (Å²) in [5.41, 5.74) is -4.14. The first-order valence-corrected chi connectivity index (χ1v) is 17.2. The van der Waals surface area contributed by atoms with Crippen molar-refractivity contribution >= 4 is 23.6 Å². The van der Waals surface area contributed by atoms with Crippen molar-refractivity contribution in [1.29, 1.82) is 0 Å². The number of carbonyl (C=O) groups is 4. The second-order valence-corrected chi connectivity index (χ2v) is 15.3. The van der Waals surface area contributed by atoms with E-state index in [-0.39, 0.29) is 43.1 Å². The molecule has 0 spiro atoms. The van der Waals surface area contributed by atoms with Crippen LogP contribution in [0.1, 0.15) is 84.0 Å². The molecule has 48 heavy (non-hydrogen) atoms. The smallest absolute Gasteiger partial charge is 0.393 e. The Balaban J connectivity index is 1.19. The normalized spacial score (nSPS) is 41.5. The fraction of sp³-hybridized carbons (Fsp3) is 0.879. The van der Waals surface area contributed by atoms with Crippen LogP contribution in [-0.4, -0.2) is 93.5 Å². The van der Waals surface area contributed by atoms with E-state index in [4.69, 9.17) is 4.74 Å². The summed E-state index contributed by atoms with van der Waals surface area (Å²) in [6.07, 6.45) is -15.7. The van der Waals surface area contributed by atoms with Gasteiger partial charge in [0.1, 0.15) is 0 Å². The predicted molar refractivity (Wildman–Crippen MR) is 154 cm³/mol. The molecule has 4 aliphatic carbocycles. The number of ether oxygens (including phenoxy) is 1. The van der Waals surface area contributed by atoms with E-state index in [0.717, 1.165) is 9.80 Å². The molecular formula is C33H44F6N2O7. The van der Waals surface area contributed by atoms with Crippen LogP contribution in [0.25, 0.3) is 0 Å². The SMILES string of the molecule is CC1CC(C(C2CCC(O)C(N3C(=O)C4CCC(OC5CCC6C(=O)N(C)C(=O)C6C5)CC4C3=O)C2)(C(F)(F)F)C(F)(F)F)CCC1O. The van der Waals surface area contributed by atoms with Gasteiger partial charge in [-0.15, -0.1) is 0 Å². The molecule has 4 amide bonds. The molecule has 12 unspecified atom stereocenters. The zero-order valence-corrected chi connectivity index (χ0v) is 27.0. The Morgan fingerprint density at radius 2 is 1.06 bits per heavy atom. The topological polar surface area (TPSA) is 124 Å². The number of aliphatic hydroxyl groups is 2. The quantitative estimate of drug-likeness (QED) is 0.324. The highest BCUT2D eigenvalue weighted by Crippen LogP contribution is 2.65. The van der Waals surface area contributed by atoms with Crippen LogP contribution in [0.4, 0.5) is 26.3 Å². The molecule has 0 bridgehead atoms. The van der Waals surface area contributed by atoms with Crippen LogP contribution in [0.3, 0.4) is 0 Å². The van der Waals surface area contributed by atoms with Gasteiger partial charge in [-0.3, -0.25) is 29.0 Å². The van der Waals surface area contributed by atoms with Crippen molar-refractivity contribution in [3.8, 4) is 0 Å². The minimum Gasteiger partial charge on any atom is -0.393 e. The van der Waals surface area contributed by atoms with Gasteiger partial charge in [0.25, 0.3) is 0 Å². The first-order valence-electron chi connectivity index (χ1n) is 17.2. The summed E-state index contributed by atoms with van der Waals surface area (Å²) in [7, 11) is 1.45. The van der Waals surface area contributed by atoms with Crippen molar-refractivity contribution in [3.05, 3.63) is 0 Å². The Labute approximate surface area is 274 Å². The maximum atomic E-state index is 15.0. The average molecular weight is 695 g/mol. The summed E-state index contributed by atoms with van der Waals surface area (Å²) in [6, 6.07) is -1.54. The number of likely N-dealkylation sites (tertiary alicyclic amines) is 2. The van der Waals surface area contributed by atoms with Crippen LogP contribution in [-0.2, 0) is 23.9 Å². The van der Waals surface area contributed by atoms with Gasteiger partial charge in [-0.2, -0.15) is 26.3 Å². The van der Waals surface area contributed by atoms with Crippen molar-refractivity contribution in [3.63, 3.8) is 0 Å². The Bertz CT molecular complexity index is 1290. The first kappa shape index (κ1) is 35.6. The maximum absolute atomic E-state index is 15.0. The summed E-state index contributed by atoms with van der Waals surface area (Å²) >= 11 is 0. The van der Waals surface area contributed by atoms with Gasteiger partial charge in [0.15, 0.2) is 5.41 Å². The van der Waals surface area contributed by atoms with Crippen molar-refractivity contribution in [2.45, 2.75) is 127 Å². The third-order valence-electron chi connectivity index (χ3n) is 12.9. The van der Waals surface area contributed by atoms with Crippen LogP contribution in [0.2, 0.25) is 0 Å². The molecule has 15 heteroatoms. The van der Waals surface area contributed by atoms with Crippen molar-refractivity contribution in [2.75, 3.05) is 7.05 Å². The number of amides is 4. The third kappa shape index (κ3) is 5.57. The fourth-order valence-electron chi connectivity index (χ4n) is 10.4. The van der Waals surface area contributed by atoms with Gasteiger partial charge in [-0.1, -0.05) is 6.92 Å². The highest BCUT2D eigenvalue weighted by atomic mass is 19.4. The van der Waals surface area contributed by atoms with Gasteiger partial charge >= 0.3 is 12.4 Å². The lowest BCUT2D eigenvalue weighted by atomic mass is 9.55. The summed E-state index contributed by atoms with van der Waals surface area (Å²) in [4.78, 5) is 54.3. The van der Waals surface area contributed by atoms with Crippen molar-refractivity contribution in [1.82, 2.24) is 9.80 Å². The maximum Gasteiger partial charge on any atom is 0.403 e. The Morgan fingerprint density at radius 3 is 1.60 bits per heavy atom. The minimum atomic E-state index is -5.71. The first-order chi connectivity index (χ1) is 22.4. The second kappa shape index (κ2) is 12.5.